The van der Waals surface area contributed by atoms with Gasteiger partial charge < -0.3 is 16.0 Å². The van der Waals surface area contributed by atoms with Crippen molar-refractivity contribution in [3.05, 3.63) is 40.8 Å². The summed E-state index contributed by atoms with van der Waals surface area (Å²) in [6, 6.07) is 4.29. The number of nitrogen functional groups attached to an aromatic ring is 1. The number of carbonyl (C=O) groups excluding carboxylic acids is 2. The molecule has 0 spiro atoms. The summed E-state index contributed by atoms with van der Waals surface area (Å²) >= 11 is 0. The Morgan fingerprint density at radius 3 is 2.72 bits per heavy atom. The van der Waals surface area contributed by atoms with Crippen LogP contribution in [0.1, 0.15) is 40.3 Å². The quantitative estimate of drug-likeness (QED) is 0.785. The second-order valence-electron chi connectivity index (χ2n) is 7.52. The number of nitrogens with zero attached hydrogens (tertiary/aromatic N) is 4. The molecule has 29 heavy (non-hydrogen) atoms. The van der Waals surface area contributed by atoms with Crippen molar-refractivity contribution in [2.75, 3.05) is 18.8 Å². The minimum atomic E-state index is -1.19. The molecule has 3 N–H and O–H groups in total. The predicted molar refractivity (Wildman–Crippen MR) is 107 cm³/mol. The molecule has 3 rings (SSSR count). The summed E-state index contributed by atoms with van der Waals surface area (Å²) < 4.78 is 16.1. The highest BCUT2D eigenvalue weighted by molar-refractivity contribution is 5.92. The van der Waals surface area contributed by atoms with Crippen LogP contribution in [-0.4, -0.2) is 56.8 Å². The van der Waals surface area contributed by atoms with E-state index in [2.05, 4.69) is 15.4 Å². The topological polar surface area (TPSA) is 106 Å². The molecule has 9 heteroatoms. The van der Waals surface area contributed by atoms with Crippen molar-refractivity contribution in [2.24, 2.45) is 7.05 Å². The largest absolute Gasteiger partial charge is 0.384 e. The maximum Gasteiger partial charge on any atom is 0.270 e. The summed E-state index contributed by atoms with van der Waals surface area (Å²) in [6.07, 6.45) is -0.188. The fourth-order valence-corrected chi connectivity index (χ4v) is 3.75. The number of carbonyl (C=O) groups is 2. The molecule has 2 aromatic heterocycles. The molecule has 8 nitrogen and oxygen atoms in total. The first kappa shape index (κ1) is 20.8. The molecule has 0 aliphatic carbocycles. The van der Waals surface area contributed by atoms with Crippen LogP contribution in [0.4, 0.5) is 10.2 Å². The Kier molecular flexibility index (Phi) is 6.14. The van der Waals surface area contributed by atoms with Crippen LogP contribution in [-0.2, 0) is 18.3 Å². The summed E-state index contributed by atoms with van der Waals surface area (Å²) in [7, 11) is 1.87. The van der Waals surface area contributed by atoms with Gasteiger partial charge in [-0.05, 0) is 38.0 Å². The lowest BCUT2D eigenvalue weighted by atomic mass is 10.0. The van der Waals surface area contributed by atoms with E-state index in [4.69, 9.17) is 5.73 Å². The molecule has 1 saturated heterocycles. The maximum absolute atomic E-state index is 14.3. The third kappa shape index (κ3) is 4.90. The Balaban J connectivity index is 1.60. The van der Waals surface area contributed by atoms with E-state index >= 15 is 0 Å². The molecule has 0 saturated carbocycles. The zero-order chi connectivity index (χ0) is 21.1. The van der Waals surface area contributed by atoms with Gasteiger partial charge in [0.1, 0.15) is 17.7 Å². The number of anilines is 1. The number of hydrogen-bond acceptors (Lipinski definition) is 5. The number of piperidine rings is 1. The predicted octanol–water partition coefficient (Wildman–Crippen LogP) is 1.32. The van der Waals surface area contributed by atoms with Crippen LogP contribution in [0.2, 0.25) is 0 Å². The molecule has 0 radical (unpaired) electrons. The van der Waals surface area contributed by atoms with Gasteiger partial charge in [-0.15, -0.1) is 0 Å². The van der Waals surface area contributed by atoms with Crippen LogP contribution in [0.25, 0.3) is 0 Å². The maximum atomic E-state index is 14.3. The smallest absolute Gasteiger partial charge is 0.270 e. The molecule has 0 aromatic carbocycles. The molecule has 2 atom stereocenters. The van der Waals surface area contributed by atoms with E-state index in [9.17, 15) is 14.0 Å². The number of amides is 2. The molecule has 3 heterocycles. The number of aromatic nitrogens is 3. The lowest BCUT2D eigenvalue weighted by molar-refractivity contribution is -0.133. The van der Waals surface area contributed by atoms with Gasteiger partial charge in [-0.25, -0.2) is 9.37 Å². The monoisotopic (exact) mass is 402 g/mol. The minimum absolute atomic E-state index is 0.0484. The van der Waals surface area contributed by atoms with Gasteiger partial charge in [0, 0.05) is 38.2 Å². The highest BCUT2D eigenvalue weighted by Gasteiger charge is 2.31. The number of pyridine rings is 1. The van der Waals surface area contributed by atoms with Gasteiger partial charge in [-0.3, -0.25) is 14.3 Å². The Hall–Kier alpha value is -2.97. The van der Waals surface area contributed by atoms with E-state index in [0.717, 1.165) is 17.0 Å². The molecule has 0 bridgehead atoms. The van der Waals surface area contributed by atoms with E-state index in [1.54, 1.807) is 22.9 Å². The number of aryl methyl sites for hydroxylation is 2. The fraction of sp³-hybridized carbons (Fsp3) is 0.500. The van der Waals surface area contributed by atoms with Gasteiger partial charge in [0.05, 0.1) is 12.2 Å². The highest BCUT2D eigenvalue weighted by atomic mass is 19.1. The number of alkyl halides is 1. The number of hydrogen-bond donors (Lipinski definition) is 2. The molecule has 1 fully saturated rings. The summed E-state index contributed by atoms with van der Waals surface area (Å²) in [5.41, 5.74) is 8.76. The van der Waals surface area contributed by atoms with E-state index < -0.39 is 18.1 Å². The number of nitrogens with one attached hydrogen (secondary N) is 1. The van der Waals surface area contributed by atoms with Crippen molar-refractivity contribution >= 4 is 17.6 Å². The Morgan fingerprint density at radius 1 is 1.31 bits per heavy atom. The number of halogens is 1. The average molecular weight is 402 g/mol. The van der Waals surface area contributed by atoms with Crippen LogP contribution < -0.4 is 11.1 Å². The van der Waals surface area contributed by atoms with E-state index in [1.807, 2.05) is 20.9 Å². The molecule has 1 aliphatic rings. The zero-order valence-electron chi connectivity index (χ0n) is 17.0. The molecular formula is C20H27FN6O2. The summed E-state index contributed by atoms with van der Waals surface area (Å²) in [6.45, 7) is 4.21. The highest BCUT2D eigenvalue weighted by Crippen LogP contribution is 2.18. The zero-order valence-corrected chi connectivity index (χ0v) is 17.0. The van der Waals surface area contributed by atoms with Crippen LogP contribution in [0, 0.1) is 13.8 Å². The van der Waals surface area contributed by atoms with Gasteiger partial charge >= 0.3 is 0 Å². The van der Waals surface area contributed by atoms with Gasteiger partial charge in [0.15, 0.2) is 0 Å². The number of likely N-dealkylation sites (tertiary alicyclic amines) is 1. The first-order chi connectivity index (χ1) is 13.7. The molecule has 2 aromatic rings. The summed E-state index contributed by atoms with van der Waals surface area (Å²) in [5, 5.41) is 7.13. The van der Waals surface area contributed by atoms with Crippen molar-refractivity contribution < 1.29 is 14.0 Å². The van der Waals surface area contributed by atoms with Crippen LogP contribution in [0.3, 0.4) is 0 Å². The average Bonchev–Trinajstić information content (AvgIpc) is 2.91. The first-order valence-electron chi connectivity index (χ1n) is 9.69. The first-order valence-corrected chi connectivity index (χ1v) is 9.69. The summed E-state index contributed by atoms with van der Waals surface area (Å²) in [4.78, 5) is 30.5. The summed E-state index contributed by atoms with van der Waals surface area (Å²) in [5.74, 6) is -0.316. The van der Waals surface area contributed by atoms with E-state index in [1.165, 1.54) is 4.90 Å². The number of rotatable bonds is 5. The third-order valence-electron chi connectivity index (χ3n) is 5.34. The second-order valence-corrected chi connectivity index (χ2v) is 7.52. The molecular weight excluding hydrogens is 375 g/mol. The van der Waals surface area contributed by atoms with Crippen molar-refractivity contribution in [3.8, 4) is 0 Å². The SMILES string of the molecule is Cc1nn(C)c(C)c1CCC(=O)N1C[C@H](F)C[C@H](NC(=O)c2cccc(N)n2)C1. The van der Waals surface area contributed by atoms with Crippen LogP contribution in [0.5, 0.6) is 0 Å². The van der Waals surface area contributed by atoms with Gasteiger partial charge in [0.25, 0.3) is 5.91 Å². The standard InChI is InChI=1S/C20H27FN6O2/c1-12-16(13(2)26(3)25-12)7-8-19(28)27-10-14(21)9-15(11-27)23-20(29)17-5-4-6-18(22)24-17/h4-6,14-15H,7-11H2,1-3H3,(H2,22,24)(H,23,29)/t14-,15+/m1/s1. The Bertz CT molecular complexity index is 912. The van der Waals surface area contributed by atoms with E-state index in [-0.39, 0.29) is 43.4 Å². The van der Waals surface area contributed by atoms with Crippen molar-refractivity contribution in [2.45, 2.75) is 45.3 Å². The van der Waals surface area contributed by atoms with Crippen molar-refractivity contribution in [1.82, 2.24) is 25.0 Å². The second kappa shape index (κ2) is 8.59. The van der Waals surface area contributed by atoms with Crippen LogP contribution in [0.15, 0.2) is 18.2 Å². The molecule has 2 amide bonds. The number of nitrogens with two attached hydrogens (primary N) is 1. The van der Waals surface area contributed by atoms with Crippen molar-refractivity contribution in [1.29, 1.82) is 0 Å². The normalized spacial score (nSPS) is 19.2. The Labute approximate surface area is 169 Å². The van der Waals surface area contributed by atoms with E-state index in [0.29, 0.717) is 6.42 Å². The molecule has 0 unspecified atom stereocenters. The van der Waals surface area contributed by atoms with Gasteiger partial charge in [0.2, 0.25) is 5.91 Å². The van der Waals surface area contributed by atoms with Gasteiger partial charge in [-0.1, -0.05) is 6.07 Å². The minimum Gasteiger partial charge on any atom is -0.384 e. The third-order valence-corrected chi connectivity index (χ3v) is 5.34. The lowest BCUT2D eigenvalue weighted by Gasteiger charge is -2.35. The van der Waals surface area contributed by atoms with Crippen LogP contribution >= 0.6 is 0 Å². The Morgan fingerprint density at radius 2 is 2.07 bits per heavy atom. The van der Waals surface area contributed by atoms with Gasteiger partial charge in [-0.2, -0.15) is 5.10 Å². The lowest BCUT2D eigenvalue weighted by Crippen LogP contribution is -2.53. The molecule has 156 valence electrons. The molecule has 1 aliphatic heterocycles. The van der Waals surface area contributed by atoms with Crippen molar-refractivity contribution in [3.63, 3.8) is 0 Å². The fourth-order valence-electron chi connectivity index (χ4n) is 3.75.